The van der Waals surface area contributed by atoms with Crippen LogP contribution in [0.2, 0.25) is 0 Å². The van der Waals surface area contributed by atoms with E-state index in [-0.39, 0.29) is 5.90 Å². The van der Waals surface area contributed by atoms with E-state index in [4.69, 9.17) is 19.6 Å². The Morgan fingerprint density at radius 2 is 1.81 bits per heavy atom. The second kappa shape index (κ2) is 5.71. The number of nitriles is 3. The fraction of sp³-hybridized carbons (Fsp3) is 0.500. The van der Waals surface area contributed by atoms with E-state index in [0.717, 1.165) is 12.8 Å². The zero-order valence-corrected chi connectivity index (χ0v) is 14.9. The minimum Gasteiger partial charge on any atom is -0.497 e. The molecule has 0 amide bonds. The van der Waals surface area contributed by atoms with E-state index in [1.54, 1.807) is 31.4 Å². The summed E-state index contributed by atoms with van der Waals surface area (Å²) in [5, 5.41) is 38.8. The Hall–Kier alpha value is -3.08. The predicted molar refractivity (Wildman–Crippen MR) is 92.0 cm³/mol. The summed E-state index contributed by atoms with van der Waals surface area (Å²) in [5.74, 6) is -1.34. The minimum atomic E-state index is -1.88. The van der Waals surface area contributed by atoms with Crippen LogP contribution in [0.5, 0.6) is 5.75 Å². The van der Waals surface area contributed by atoms with E-state index in [1.165, 1.54) is 0 Å². The molecule has 136 valence electrons. The lowest BCUT2D eigenvalue weighted by Crippen LogP contribution is -2.60. The maximum absolute atomic E-state index is 10.2. The number of methoxy groups -OCH3 is 1. The first kappa shape index (κ1) is 17.3. The second-order valence-electron chi connectivity index (χ2n) is 7.26. The molecular weight excluding hydrogens is 344 g/mol. The molecule has 2 heterocycles. The van der Waals surface area contributed by atoms with Gasteiger partial charge in [0.1, 0.15) is 11.9 Å². The van der Waals surface area contributed by atoms with Gasteiger partial charge in [-0.3, -0.25) is 5.41 Å². The number of hydrogen-bond acceptors (Lipinski definition) is 7. The summed E-state index contributed by atoms with van der Waals surface area (Å²) in [6, 6.07) is 13.2. The molecule has 7 nitrogen and oxygen atoms in total. The maximum atomic E-state index is 10.2. The molecule has 0 spiro atoms. The molecule has 0 aromatic heterocycles. The summed E-state index contributed by atoms with van der Waals surface area (Å²) >= 11 is 0. The summed E-state index contributed by atoms with van der Waals surface area (Å²) < 4.78 is 17.3. The summed E-state index contributed by atoms with van der Waals surface area (Å²) in [5.41, 5.74) is -2.95. The van der Waals surface area contributed by atoms with Gasteiger partial charge in [-0.15, -0.1) is 0 Å². The third kappa shape index (κ3) is 1.89. The molecule has 1 aromatic rings. The molecule has 4 rings (SSSR count). The van der Waals surface area contributed by atoms with Crippen LogP contribution in [0.25, 0.3) is 0 Å². The van der Waals surface area contributed by atoms with Crippen LogP contribution in [-0.2, 0) is 9.47 Å². The molecule has 1 aromatic carbocycles. The van der Waals surface area contributed by atoms with E-state index >= 15 is 0 Å². The van der Waals surface area contributed by atoms with Gasteiger partial charge in [-0.2, -0.15) is 15.8 Å². The van der Waals surface area contributed by atoms with Crippen molar-refractivity contribution in [3.63, 3.8) is 0 Å². The number of ether oxygens (including phenoxy) is 3. The lowest BCUT2D eigenvalue weighted by Gasteiger charge is -2.51. The Bertz CT molecular complexity index is 909. The smallest absolute Gasteiger partial charge is 0.217 e. The highest BCUT2D eigenvalue weighted by atomic mass is 16.7. The van der Waals surface area contributed by atoms with Gasteiger partial charge in [-0.25, -0.2) is 0 Å². The molecule has 4 atom stereocenters. The van der Waals surface area contributed by atoms with Gasteiger partial charge < -0.3 is 14.2 Å². The van der Waals surface area contributed by atoms with Crippen LogP contribution in [0.3, 0.4) is 0 Å². The fourth-order valence-corrected chi connectivity index (χ4v) is 4.94. The van der Waals surface area contributed by atoms with Gasteiger partial charge in [0.25, 0.3) is 0 Å². The first-order valence-electron chi connectivity index (χ1n) is 8.87. The van der Waals surface area contributed by atoms with Crippen molar-refractivity contribution >= 4 is 5.90 Å². The van der Waals surface area contributed by atoms with Crippen LogP contribution in [0.15, 0.2) is 24.3 Å². The molecule has 1 saturated carbocycles. The third-order valence-corrected chi connectivity index (χ3v) is 6.23. The molecule has 3 fully saturated rings. The van der Waals surface area contributed by atoms with Gasteiger partial charge in [-0.05, 0) is 30.5 Å². The lowest BCUT2D eigenvalue weighted by atomic mass is 9.51. The molecule has 2 aliphatic heterocycles. The summed E-state index contributed by atoms with van der Waals surface area (Å²) in [6.07, 6.45) is 1.79. The molecule has 2 saturated heterocycles. The van der Waals surface area contributed by atoms with Gasteiger partial charge in [0.05, 0.1) is 31.2 Å². The van der Waals surface area contributed by atoms with Crippen LogP contribution in [0.1, 0.15) is 37.4 Å². The van der Waals surface area contributed by atoms with E-state index in [1.807, 2.05) is 0 Å². The van der Waals surface area contributed by atoms with Crippen LogP contribution in [-0.4, -0.2) is 18.8 Å². The summed E-state index contributed by atoms with van der Waals surface area (Å²) in [7, 11) is 1.55. The molecule has 0 radical (unpaired) electrons. The van der Waals surface area contributed by atoms with Crippen molar-refractivity contribution in [2.75, 3.05) is 7.11 Å². The molecule has 0 unspecified atom stereocenters. The Labute approximate surface area is 157 Å². The average Bonchev–Trinajstić information content (AvgIpc) is 2.92. The number of hydrogen-bond donors (Lipinski definition) is 1. The van der Waals surface area contributed by atoms with E-state index in [9.17, 15) is 15.8 Å². The Balaban J connectivity index is 1.95. The number of nitrogens with one attached hydrogen (secondary N) is 1. The van der Waals surface area contributed by atoms with E-state index in [0.29, 0.717) is 24.2 Å². The zero-order chi connectivity index (χ0) is 19.3. The molecule has 1 N–H and O–H groups in total. The number of rotatable bonds is 2. The first-order valence-corrected chi connectivity index (χ1v) is 8.87. The van der Waals surface area contributed by atoms with Crippen molar-refractivity contribution in [2.45, 2.75) is 37.6 Å². The normalized spacial score (nSPS) is 35.7. The molecule has 7 heteroatoms. The fourth-order valence-electron chi connectivity index (χ4n) is 4.94. The van der Waals surface area contributed by atoms with Gasteiger partial charge in [0, 0.05) is 6.42 Å². The largest absolute Gasteiger partial charge is 0.497 e. The predicted octanol–water partition coefficient (Wildman–Crippen LogP) is 3.20. The van der Waals surface area contributed by atoms with Crippen LogP contribution in [0.4, 0.5) is 0 Å². The van der Waals surface area contributed by atoms with Crippen LogP contribution < -0.4 is 4.74 Å². The molecule has 2 bridgehead atoms. The summed E-state index contributed by atoms with van der Waals surface area (Å²) in [4.78, 5) is 0. The number of nitrogens with zero attached hydrogens (tertiary/aromatic N) is 3. The topological polar surface area (TPSA) is 123 Å². The minimum absolute atomic E-state index is 0.323. The van der Waals surface area contributed by atoms with Crippen molar-refractivity contribution in [3.8, 4) is 24.0 Å². The van der Waals surface area contributed by atoms with E-state index < -0.39 is 28.6 Å². The van der Waals surface area contributed by atoms with Crippen molar-refractivity contribution in [2.24, 2.45) is 16.7 Å². The number of benzene rings is 1. The first-order chi connectivity index (χ1) is 13.0. The quantitative estimate of drug-likeness (QED) is 0.861. The maximum Gasteiger partial charge on any atom is 0.217 e. The Morgan fingerprint density at radius 1 is 1.11 bits per heavy atom. The molecular formula is C20H18N4O3. The van der Waals surface area contributed by atoms with Gasteiger partial charge in [-0.1, -0.05) is 18.6 Å². The van der Waals surface area contributed by atoms with Gasteiger partial charge in [0.2, 0.25) is 17.1 Å². The third-order valence-electron chi connectivity index (χ3n) is 6.23. The Morgan fingerprint density at radius 3 is 2.41 bits per heavy atom. The van der Waals surface area contributed by atoms with E-state index in [2.05, 4.69) is 18.2 Å². The lowest BCUT2D eigenvalue weighted by molar-refractivity contribution is -0.294. The van der Waals surface area contributed by atoms with Crippen LogP contribution >= 0.6 is 0 Å². The molecule has 3 aliphatic rings. The summed E-state index contributed by atoms with van der Waals surface area (Å²) in [6.45, 7) is 0. The van der Waals surface area contributed by atoms with Crippen molar-refractivity contribution in [1.29, 1.82) is 21.2 Å². The zero-order valence-electron chi connectivity index (χ0n) is 14.9. The van der Waals surface area contributed by atoms with Gasteiger partial charge >= 0.3 is 0 Å². The standard InChI is InChI=1S/C20H18N4O3/c1-25-14-7-5-13(6-8-14)16-18(10-21,11-22)19(12-23)15-4-2-3-9-20(15,26-16)27-17(19)24/h5-8,15-16,24H,2-4,9H2,1H3/t15-,16+,19-,20+/m0/s1. The molecule has 1 aliphatic carbocycles. The van der Waals surface area contributed by atoms with Crippen molar-refractivity contribution < 1.29 is 14.2 Å². The van der Waals surface area contributed by atoms with Gasteiger partial charge in [0.15, 0.2) is 5.41 Å². The highest BCUT2D eigenvalue weighted by Gasteiger charge is 2.80. The molecule has 27 heavy (non-hydrogen) atoms. The SMILES string of the molecule is COc1ccc([C@H]2O[C@@]34CCCC[C@H]3[C@@](C#N)(C(=N)O4)C2(C#N)C#N)cc1. The average molecular weight is 362 g/mol. The highest BCUT2D eigenvalue weighted by Crippen LogP contribution is 2.69. The second-order valence-corrected chi connectivity index (χ2v) is 7.26. The van der Waals surface area contributed by atoms with Crippen molar-refractivity contribution in [3.05, 3.63) is 29.8 Å². The van der Waals surface area contributed by atoms with Crippen molar-refractivity contribution in [1.82, 2.24) is 0 Å². The van der Waals surface area contributed by atoms with Crippen LogP contribution in [0, 0.1) is 56.2 Å². The highest BCUT2D eigenvalue weighted by molar-refractivity contribution is 5.89. The monoisotopic (exact) mass is 362 g/mol. The Kier molecular flexibility index (Phi) is 3.67.